The van der Waals surface area contributed by atoms with E-state index in [2.05, 4.69) is 0 Å². The molecule has 0 N–H and O–H groups in total. The van der Waals surface area contributed by atoms with Crippen LogP contribution in [0.15, 0.2) is 29.8 Å². The van der Waals surface area contributed by atoms with Crippen LogP contribution in [-0.2, 0) is 16.3 Å². The zero-order chi connectivity index (χ0) is 15.0. The van der Waals surface area contributed by atoms with Crippen molar-refractivity contribution in [3.05, 3.63) is 41.2 Å². The van der Waals surface area contributed by atoms with Crippen LogP contribution in [0.1, 0.15) is 31.2 Å². The molecule has 5 heteroatoms. The van der Waals surface area contributed by atoms with E-state index in [0.717, 1.165) is 24.0 Å². The maximum absolute atomic E-state index is 13.4. The Balaban J connectivity index is 1.90. The second-order valence-electron chi connectivity index (χ2n) is 5.84. The Morgan fingerprint density at radius 2 is 2.14 bits per heavy atom. The van der Waals surface area contributed by atoms with Crippen molar-refractivity contribution in [1.29, 1.82) is 0 Å². The number of benzene rings is 1. The Kier molecular flexibility index (Phi) is 3.78. The van der Waals surface area contributed by atoms with E-state index >= 15 is 0 Å². The van der Waals surface area contributed by atoms with Gasteiger partial charge in [0.2, 0.25) is 0 Å². The zero-order valence-corrected chi connectivity index (χ0v) is 12.8. The quantitative estimate of drug-likeness (QED) is 0.806. The van der Waals surface area contributed by atoms with E-state index in [4.69, 9.17) is 4.74 Å². The van der Waals surface area contributed by atoms with Gasteiger partial charge >= 0.3 is 0 Å². The van der Waals surface area contributed by atoms with Crippen molar-refractivity contribution in [3.8, 4) is 5.75 Å². The Labute approximate surface area is 124 Å². The third kappa shape index (κ3) is 2.71. The molecule has 0 aromatic heterocycles. The molecule has 2 heterocycles. The Hall–Kier alpha value is -1.36. The molecule has 114 valence electrons. The van der Waals surface area contributed by atoms with E-state index in [-0.39, 0.29) is 16.3 Å². The maximum atomic E-state index is 13.4. The van der Waals surface area contributed by atoms with Crippen molar-refractivity contribution >= 4 is 9.84 Å². The monoisotopic (exact) mass is 310 g/mol. The summed E-state index contributed by atoms with van der Waals surface area (Å²) in [6.45, 7) is 0. The van der Waals surface area contributed by atoms with Crippen LogP contribution in [0, 0.1) is 5.82 Å². The van der Waals surface area contributed by atoms with Crippen LogP contribution in [0.4, 0.5) is 4.39 Å². The molecule has 3 rings (SSSR count). The Morgan fingerprint density at radius 1 is 1.33 bits per heavy atom. The largest absolute Gasteiger partial charge is 0.496 e. The second-order valence-corrected chi connectivity index (χ2v) is 8.29. The van der Waals surface area contributed by atoms with Crippen LogP contribution in [-0.4, -0.2) is 26.0 Å². The van der Waals surface area contributed by atoms with Crippen molar-refractivity contribution in [3.63, 3.8) is 0 Å². The van der Waals surface area contributed by atoms with Crippen LogP contribution in [0.5, 0.6) is 5.75 Å². The second kappa shape index (κ2) is 5.44. The molecule has 1 aromatic rings. The lowest BCUT2D eigenvalue weighted by atomic mass is 9.93. The molecule has 21 heavy (non-hydrogen) atoms. The van der Waals surface area contributed by atoms with Crippen LogP contribution < -0.4 is 4.74 Å². The summed E-state index contributed by atoms with van der Waals surface area (Å²) in [6, 6.07) is 4.46. The van der Waals surface area contributed by atoms with Crippen molar-refractivity contribution in [1.82, 2.24) is 0 Å². The first-order valence-corrected chi connectivity index (χ1v) is 8.86. The molecule has 2 bridgehead atoms. The molecule has 3 nitrogen and oxygen atoms in total. The lowest BCUT2D eigenvalue weighted by molar-refractivity contribution is 0.408. The summed E-state index contributed by atoms with van der Waals surface area (Å²) in [5.74, 6) is 0.353. The molecule has 0 amide bonds. The predicted molar refractivity (Wildman–Crippen MR) is 79.7 cm³/mol. The summed E-state index contributed by atoms with van der Waals surface area (Å²) in [6.07, 6.45) is 5.44. The van der Waals surface area contributed by atoms with Crippen molar-refractivity contribution in [2.24, 2.45) is 0 Å². The van der Waals surface area contributed by atoms with Gasteiger partial charge < -0.3 is 4.74 Å². The van der Waals surface area contributed by atoms with Crippen LogP contribution in [0.25, 0.3) is 0 Å². The molecule has 0 spiro atoms. The van der Waals surface area contributed by atoms with Crippen LogP contribution in [0.2, 0.25) is 0 Å². The lowest BCUT2D eigenvalue weighted by Gasteiger charge is -2.33. The predicted octanol–water partition coefficient (Wildman–Crippen LogP) is 3.04. The van der Waals surface area contributed by atoms with Gasteiger partial charge in [0.1, 0.15) is 11.6 Å². The molecule has 1 saturated heterocycles. The van der Waals surface area contributed by atoms with Gasteiger partial charge in [0.25, 0.3) is 0 Å². The summed E-state index contributed by atoms with van der Waals surface area (Å²) >= 11 is 0. The number of methoxy groups -OCH3 is 1. The normalized spacial score (nSPS) is 27.0. The number of rotatable bonds is 3. The summed E-state index contributed by atoms with van der Waals surface area (Å²) in [5.41, 5.74) is 1.87. The van der Waals surface area contributed by atoms with Crippen LogP contribution in [0.3, 0.4) is 0 Å². The van der Waals surface area contributed by atoms with Gasteiger partial charge in [-0.1, -0.05) is 18.1 Å². The fourth-order valence-corrected chi connectivity index (χ4v) is 5.72. The summed E-state index contributed by atoms with van der Waals surface area (Å²) in [4.78, 5) is 0. The van der Waals surface area contributed by atoms with E-state index < -0.39 is 9.84 Å². The van der Waals surface area contributed by atoms with E-state index in [1.165, 1.54) is 12.1 Å². The highest BCUT2D eigenvalue weighted by molar-refractivity contribution is 7.92. The van der Waals surface area contributed by atoms with Gasteiger partial charge in [0.05, 0.1) is 17.6 Å². The number of hydrogen-bond donors (Lipinski definition) is 0. The molecular formula is C16H19FO3S. The molecule has 2 aliphatic heterocycles. The van der Waals surface area contributed by atoms with E-state index in [0.29, 0.717) is 25.0 Å². The highest BCUT2D eigenvalue weighted by atomic mass is 32.2. The average molecular weight is 310 g/mol. The summed E-state index contributed by atoms with van der Waals surface area (Å²) < 4.78 is 43.2. The van der Waals surface area contributed by atoms with Crippen molar-refractivity contribution < 1.29 is 17.5 Å². The number of sulfone groups is 1. The first kappa shape index (κ1) is 14.6. The first-order chi connectivity index (χ1) is 10.0. The molecule has 1 fully saturated rings. The van der Waals surface area contributed by atoms with E-state index in [9.17, 15) is 12.8 Å². The minimum Gasteiger partial charge on any atom is -0.496 e. The molecule has 0 radical (unpaired) electrons. The topological polar surface area (TPSA) is 43.4 Å². The van der Waals surface area contributed by atoms with Crippen molar-refractivity contribution in [2.45, 2.75) is 42.6 Å². The lowest BCUT2D eigenvalue weighted by Crippen LogP contribution is -2.39. The smallest absolute Gasteiger partial charge is 0.159 e. The highest BCUT2D eigenvalue weighted by Crippen LogP contribution is 2.37. The number of fused-ring (bicyclic) bond motifs is 2. The Morgan fingerprint density at radius 3 is 2.86 bits per heavy atom. The molecular weight excluding hydrogens is 291 g/mol. The number of halogens is 1. The SMILES string of the molecule is COc1ccc(F)cc1CC1=CC2CCCC(C1)S2(=O)=O. The number of allylic oxidation sites excluding steroid dienone is 1. The molecule has 2 unspecified atom stereocenters. The number of ether oxygens (including phenoxy) is 1. The minimum atomic E-state index is -3.00. The molecule has 0 aliphatic carbocycles. The number of hydrogen-bond acceptors (Lipinski definition) is 3. The van der Waals surface area contributed by atoms with Crippen molar-refractivity contribution in [2.75, 3.05) is 7.11 Å². The maximum Gasteiger partial charge on any atom is 0.159 e. The van der Waals surface area contributed by atoms with Gasteiger partial charge in [-0.15, -0.1) is 0 Å². The highest BCUT2D eigenvalue weighted by Gasteiger charge is 2.40. The molecule has 1 aromatic carbocycles. The Bertz CT molecular complexity index is 679. The molecule has 0 saturated carbocycles. The fourth-order valence-electron chi connectivity index (χ4n) is 3.40. The first-order valence-electron chi connectivity index (χ1n) is 7.25. The van der Waals surface area contributed by atoms with Gasteiger partial charge in [-0.25, -0.2) is 12.8 Å². The fraction of sp³-hybridized carbons (Fsp3) is 0.500. The van der Waals surface area contributed by atoms with Gasteiger partial charge in [-0.05, 0) is 43.9 Å². The summed E-state index contributed by atoms with van der Waals surface area (Å²) in [7, 11) is -1.44. The minimum absolute atomic E-state index is 0.254. The van der Waals surface area contributed by atoms with Gasteiger partial charge in [0, 0.05) is 5.56 Å². The van der Waals surface area contributed by atoms with Gasteiger partial charge in [-0.3, -0.25) is 0 Å². The van der Waals surface area contributed by atoms with Gasteiger partial charge in [0.15, 0.2) is 9.84 Å². The third-order valence-corrected chi connectivity index (χ3v) is 7.02. The van der Waals surface area contributed by atoms with E-state index in [1.807, 2.05) is 6.08 Å². The van der Waals surface area contributed by atoms with E-state index in [1.54, 1.807) is 13.2 Å². The standard InChI is InChI=1S/C16H19FO3S/c1-20-16-6-5-13(17)10-12(16)7-11-8-14-3-2-4-15(9-11)21(14,18)19/h5-6,8,10,14-15H,2-4,7,9H2,1H3. The molecule has 2 atom stereocenters. The molecule has 2 aliphatic rings. The average Bonchev–Trinajstić information content (AvgIpc) is 2.40. The third-order valence-electron chi connectivity index (χ3n) is 4.47. The zero-order valence-electron chi connectivity index (χ0n) is 12.0. The summed E-state index contributed by atoms with van der Waals surface area (Å²) in [5, 5.41) is -0.602. The van der Waals surface area contributed by atoms with Crippen LogP contribution >= 0.6 is 0 Å². The van der Waals surface area contributed by atoms with Gasteiger partial charge in [-0.2, -0.15) is 0 Å².